The van der Waals surface area contributed by atoms with E-state index in [4.69, 9.17) is 4.42 Å². The fourth-order valence-electron chi connectivity index (χ4n) is 5.30. The summed E-state index contributed by atoms with van der Waals surface area (Å²) in [5.74, 6) is 0.588. The molecule has 31 heavy (non-hydrogen) atoms. The van der Waals surface area contributed by atoms with Crippen LogP contribution in [0.1, 0.15) is 24.2 Å². The molecule has 6 rings (SSSR count). The van der Waals surface area contributed by atoms with Crippen molar-refractivity contribution in [2.45, 2.75) is 32.7 Å². The van der Waals surface area contributed by atoms with Crippen LogP contribution in [0.2, 0.25) is 0 Å². The van der Waals surface area contributed by atoms with E-state index in [2.05, 4.69) is 26.9 Å². The van der Waals surface area contributed by atoms with Crippen molar-refractivity contribution in [3.05, 3.63) is 64.5 Å². The monoisotopic (exact) mass is 414 g/mol. The van der Waals surface area contributed by atoms with Crippen molar-refractivity contribution in [1.29, 1.82) is 0 Å². The van der Waals surface area contributed by atoms with Gasteiger partial charge < -0.3 is 13.7 Å². The molecular weight excluding hydrogens is 388 g/mol. The van der Waals surface area contributed by atoms with Crippen LogP contribution >= 0.6 is 0 Å². The molecule has 1 atom stereocenters. The van der Waals surface area contributed by atoms with Crippen molar-refractivity contribution in [2.24, 2.45) is 0 Å². The summed E-state index contributed by atoms with van der Waals surface area (Å²) in [6.45, 7) is 8.36. The highest BCUT2D eigenvalue weighted by atomic mass is 16.4. The standard InChI is InChI=1S/C25H26N4O2/c1-16-13-29-14-19(10-23(29)17(2)26-16)24-11-18-5-6-20(12-22(18)25(30)31-24)28-9-8-27-7-3-4-21(27)15-28/h5-6,10-14,21H,3-4,7-9,15H2,1-2H3. The van der Waals surface area contributed by atoms with E-state index in [1.54, 1.807) is 0 Å². The molecule has 0 N–H and O–H groups in total. The first-order valence-corrected chi connectivity index (χ1v) is 11.1. The molecule has 2 aliphatic heterocycles. The number of hydrogen-bond donors (Lipinski definition) is 0. The quantitative estimate of drug-likeness (QED) is 0.496. The van der Waals surface area contributed by atoms with Gasteiger partial charge in [0.15, 0.2) is 0 Å². The van der Waals surface area contributed by atoms with Crippen molar-refractivity contribution in [1.82, 2.24) is 14.3 Å². The summed E-state index contributed by atoms with van der Waals surface area (Å²) in [5, 5.41) is 1.56. The lowest BCUT2D eigenvalue weighted by Gasteiger charge is -2.38. The van der Waals surface area contributed by atoms with E-state index in [-0.39, 0.29) is 5.63 Å². The van der Waals surface area contributed by atoms with Gasteiger partial charge >= 0.3 is 5.63 Å². The molecule has 5 heterocycles. The Labute approximate surface area is 180 Å². The zero-order valence-electron chi connectivity index (χ0n) is 18.0. The zero-order valence-corrected chi connectivity index (χ0v) is 18.0. The molecule has 2 fully saturated rings. The van der Waals surface area contributed by atoms with Crippen molar-refractivity contribution >= 4 is 22.0 Å². The van der Waals surface area contributed by atoms with Crippen molar-refractivity contribution < 1.29 is 4.42 Å². The molecule has 1 aromatic carbocycles. The SMILES string of the molecule is Cc1cn2cc(-c3cc4ccc(N5CCN6CCCC6C5)cc4c(=O)o3)cc2c(C)n1. The van der Waals surface area contributed by atoms with Gasteiger partial charge in [-0.15, -0.1) is 0 Å². The number of rotatable bonds is 2. The Bertz CT molecular complexity index is 1370. The molecule has 1 unspecified atom stereocenters. The number of anilines is 1. The van der Waals surface area contributed by atoms with E-state index < -0.39 is 0 Å². The average Bonchev–Trinajstić information content (AvgIpc) is 3.40. The van der Waals surface area contributed by atoms with Crippen LogP contribution < -0.4 is 10.5 Å². The van der Waals surface area contributed by atoms with Crippen LogP contribution in [0, 0.1) is 13.8 Å². The van der Waals surface area contributed by atoms with Gasteiger partial charge in [-0.05, 0) is 62.9 Å². The normalized spacial score (nSPS) is 19.4. The lowest BCUT2D eigenvalue weighted by atomic mass is 10.1. The maximum absolute atomic E-state index is 12.9. The predicted molar refractivity (Wildman–Crippen MR) is 123 cm³/mol. The molecule has 0 radical (unpaired) electrons. The van der Waals surface area contributed by atoms with E-state index in [0.717, 1.165) is 53.2 Å². The lowest BCUT2D eigenvalue weighted by molar-refractivity contribution is 0.231. The molecule has 0 aliphatic carbocycles. The van der Waals surface area contributed by atoms with Gasteiger partial charge in [-0.25, -0.2) is 4.79 Å². The average molecular weight is 415 g/mol. The first-order valence-electron chi connectivity index (χ1n) is 11.1. The smallest absolute Gasteiger partial charge is 0.344 e. The van der Waals surface area contributed by atoms with Gasteiger partial charge in [0.05, 0.1) is 22.3 Å². The van der Waals surface area contributed by atoms with Crippen LogP contribution in [0.3, 0.4) is 0 Å². The minimum atomic E-state index is -0.282. The zero-order chi connectivity index (χ0) is 21.1. The van der Waals surface area contributed by atoms with Gasteiger partial charge in [0, 0.05) is 49.3 Å². The van der Waals surface area contributed by atoms with E-state index in [9.17, 15) is 4.79 Å². The van der Waals surface area contributed by atoms with Crippen molar-refractivity contribution in [3.8, 4) is 11.3 Å². The van der Waals surface area contributed by atoms with Crippen LogP contribution in [-0.4, -0.2) is 46.5 Å². The largest absolute Gasteiger partial charge is 0.422 e. The molecule has 0 saturated carbocycles. The molecule has 2 saturated heterocycles. The summed E-state index contributed by atoms with van der Waals surface area (Å²) < 4.78 is 7.82. The Balaban J connectivity index is 1.37. The Morgan fingerprint density at radius 2 is 1.97 bits per heavy atom. The van der Waals surface area contributed by atoms with E-state index in [1.165, 1.54) is 19.4 Å². The maximum Gasteiger partial charge on any atom is 0.344 e. The highest BCUT2D eigenvalue weighted by Gasteiger charge is 2.30. The number of piperazine rings is 1. The van der Waals surface area contributed by atoms with Gasteiger partial charge in [-0.2, -0.15) is 0 Å². The van der Waals surface area contributed by atoms with Crippen LogP contribution in [0.5, 0.6) is 0 Å². The Hall–Kier alpha value is -3.12. The summed E-state index contributed by atoms with van der Waals surface area (Å²) in [7, 11) is 0. The molecule has 0 spiro atoms. The fourth-order valence-corrected chi connectivity index (χ4v) is 5.30. The molecule has 3 aromatic heterocycles. The van der Waals surface area contributed by atoms with Crippen LogP contribution in [0.4, 0.5) is 5.69 Å². The van der Waals surface area contributed by atoms with Crippen LogP contribution in [0.25, 0.3) is 27.6 Å². The predicted octanol–water partition coefficient (Wildman–Crippen LogP) is 4.01. The highest BCUT2D eigenvalue weighted by molar-refractivity contribution is 5.87. The number of hydrogen-bond acceptors (Lipinski definition) is 5. The number of fused-ring (bicyclic) bond motifs is 3. The number of aryl methyl sites for hydroxylation is 2. The molecule has 4 aromatic rings. The van der Waals surface area contributed by atoms with Crippen LogP contribution in [-0.2, 0) is 0 Å². The second-order valence-corrected chi connectivity index (χ2v) is 8.94. The molecule has 0 bridgehead atoms. The second kappa shape index (κ2) is 6.95. The molecule has 6 heteroatoms. The number of aromatic nitrogens is 2. The molecule has 2 aliphatic rings. The van der Waals surface area contributed by atoms with Crippen molar-refractivity contribution in [2.75, 3.05) is 31.1 Å². The van der Waals surface area contributed by atoms with Gasteiger partial charge in [-0.1, -0.05) is 6.07 Å². The first kappa shape index (κ1) is 18.6. The number of benzene rings is 1. The van der Waals surface area contributed by atoms with Gasteiger partial charge in [0.1, 0.15) is 5.76 Å². The Morgan fingerprint density at radius 1 is 1.06 bits per heavy atom. The van der Waals surface area contributed by atoms with E-state index in [0.29, 0.717) is 17.2 Å². The van der Waals surface area contributed by atoms with Gasteiger partial charge in [0.2, 0.25) is 0 Å². The van der Waals surface area contributed by atoms with E-state index in [1.807, 2.05) is 48.8 Å². The lowest BCUT2D eigenvalue weighted by Crippen LogP contribution is -2.50. The number of nitrogens with zero attached hydrogens (tertiary/aromatic N) is 4. The molecule has 6 nitrogen and oxygen atoms in total. The topological polar surface area (TPSA) is 54.0 Å². The summed E-state index contributed by atoms with van der Waals surface area (Å²) in [6, 6.07) is 10.8. The molecule has 158 valence electrons. The maximum atomic E-state index is 12.9. The minimum absolute atomic E-state index is 0.282. The summed E-state index contributed by atoms with van der Waals surface area (Å²) in [5.41, 5.74) is 4.65. The van der Waals surface area contributed by atoms with E-state index >= 15 is 0 Å². The third-order valence-corrected chi connectivity index (χ3v) is 6.87. The third-order valence-electron chi connectivity index (χ3n) is 6.87. The Kier molecular flexibility index (Phi) is 4.18. The Morgan fingerprint density at radius 3 is 2.87 bits per heavy atom. The third kappa shape index (κ3) is 3.13. The fraction of sp³-hybridized carbons (Fsp3) is 0.360. The summed E-state index contributed by atoms with van der Waals surface area (Å²) in [4.78, 5) is 22.5. The van der Waals surface area contributed by atoms with Gasteiger partial charge in [-0.3, -0.25) is 9.88 Å². The van der Waals surface area contributed by atoms with Crippen LogP contribution in [0.15, 0.2) is 51.9 Å². The molecular formula is C25H26N4O2. The van der Waals surface area contributed by atoms with Gasteiger partial charge in [0.25, 0.3) is 0 Å². The first-order chi connectivity index (χ1) is 15.0. The minimum Gasteiger partial charge on any atom is -0.422 e. The summed E-state index contributed by atoms with van der Waals surface area (Å²) in [6.07, 6.45) is 6.56. The summed E-state index contributed by atoms with van der Waals surface area (Å²) >= 11 is 0. The molecule has 0 amide bonds. The highest BCUT2D eigenvalue weighted by Crippen LogP contribution is 2.30. The van der Waals surface area contributed by atoms with Crippen molar-refractivity contribution in [3.63, 3.8) is 0 Å². The second-order valence-electron chi connectivity index (χ2n) is 8.94.